The van der Waals surface area contributed by atoms with E-state index in [0.717, 1.165) is 58.6 Å². The van der Waals surface area contributed by atoms with Crippen LogP contribution in [0.4, 0.5) is 0 Å². The Labute approximate surface area is 268 Å². The van der Waals surface area contributed by atoms with Crippen molar-refractivity contribution >= 4 is 0 Å². The summed E-state index contributed by atoms with van der Waals surface area (Å²) in [6.07, 6.45) is 21.5. The minimum Gasteiger partial charge on any atom is -0.299 e. The number of imidazole rings is 1. The lowest BCUT2D eigenvalue weighted by Gasteiger charge is -2.56. The summed E-state index contributed by atoms with van der Waals surface area (Å²) in [4.78, 5) is 20.9. The van der Waals surface area contributed by atoms with E-state index in [1.165, 1.54) is 80.2 Å². The molecular weight excluding hydrogens is 550 g/mol. The van der Waals surface area contributed by atoms with Crippen LogP contribution in [0.5, 0.6) is 0 Å². The lowest BCUT2D eigenvalue weighted by Crippen LogP contribution is -2.49. The summed E-state index contributed by atoms with van der Waals surface area (Å²) in [7, 11) is 0. The Morgan fingerprint density at radius 1 is 0.867 bits per heavy atom. The molecule has 5 aliphatic carbocycles. The van der Waals surface area contributed by atoms with Gasteiger partial charge in [-0.15, -0.1) is 0 Å². The standard InChI is InChI=1S/C40H47N5/c1-25-15-26(2)35(27(3)16-25)45-14-13-41-38(45)34-12-8-11-33(21-34)37-42-36(28(4)17-29-9-6-5-7-10-29)43-39(44-37)40-22-30-18-31(23-40)20-32(19-30)24-40/h5-6,8,11-16,21,28-32H,7,9-10,17-20,22-24H2,1-4H3. The molecule has 4 aromatic rings. The molecule has 0 spiro atoms. The fourth-order valence-corrected chi connectivity index (χ4v) is 10.1. The van der Waals surface area contributed by atoms with Gasteiger partial charge in [-0.2, -0.15) is 0 Å². The molecule has 4 fully saturated rings. The number of aryl methyl sites for hydroxylation is 3. The SMILES string of the molecule is Cc1cc(C)c(-n2ccnc2-c2cccc(-c3nc(C(C)CC4CC=CCC4)nc(C45CC6CC(CC(C6)C4)C5)n3)c2)c(C)c1. The minimum atomic E-state index is 0.128. The van der Waals surface area contributed by atoms with Crippen LogP contribution >= 0.6 is 0 Å². The molecule has 4 saturated carbocycles. The number of rotatable bonds is 7. The Hall–Kier alpha value is -3.60. The zero-order valence-electron chi connectivity index (χ0n) is 27.5. The van der Waals surface area contributed by atoms with Crippen molar-refractivity contribution in [1.29, 1.82) is 0 Å². The molecule has 2 unspecified atom stereocenters. The Morgan fingerprint density at radius 3 is 2.27 bits per heavy atom. The maximum atomic E-state index is 5.41. The second-order valence-corrected chi connectivity index (χ2v) is 15.3. The number of hydrogen-bond donors (Lipinski definition) is 0. The number of allylic oxidation sites excluding steroid dienone is 2. The number of hydrogen-bond acceptors (Lipinski definition) is 4. The topological polar surface area (TPSA) is 56.5 Å². The first-order valence-electron chi connectivity index (χ1n) is 17.5. The third kappa shape index (κ3) is 5.36. The Bertz CT molecular complexity index is 1700. The summed E-state index contributed by atoms with van der Waals surface area (Å²) in [5.41, 5.74) is 7.27. The molecule has 2 atom stereocenters. The van der Waals surface area contributed by atoms with Crippen molar-refractivity contribution in [2.75, 3.05) is 0 Å². The van der Waals surface area contributed by atoms with Crippen LogP contribution in [0.25, 0.3) is 28.5 Å². The van der Waals surface area contributed by atoms with Crippen molar-refractivity contribution in [2.24, 2.45) is 23.7 Å². The van der Waals surface area contributed by atoms with Gasteiger partial charge in [-0.3, -0.25) is 4.57 Å². The van der Waals surface area contributed by atoms with Gasteiger partial charge in [-0.25, -0.2) is 19.9 Å². The Morgan fingerprint density at radius 2 is 1.58 bits per heavy atom. The second kappa shape index (κ2) is 11.3. The quantitative estimate of drug-likeness (QED) is 0.199. The Balaban J connectivity index is 1.20. The molecule has 0 saturated heterocycles. The average molecular weight is 598 g/mol. The molecule has 2 aromatic carbocycles. The third-order valence-electron chi connectivity index (χ3n) is 11.6. The normalized spacial score (nSPS) is 27.6. The van der Waals surface area contributed by atoms with E-state index in [-0.39, 0.29) is 5.41 Å². The lowest BCUT2D eigenvalue weighted by molar-refractivity contribution is -0.00959. The van der Waals surface area contributed by atoms with E-state index < -0.39 is 0 Å². The lowest BCUT2D eigenvalue weighted by atomic mass is 9.49. The van der Waals surface area contributed by atoms with Crippen molar-refractivity contribution < 1.29 is 0 Å². The first kappa shape index (κ1) is 28.8. The predicted molar refractivity (Wildman–Crippen MR) is 181 cm³/mol. The smallest absolute Gasteiger partial charge is 0.163 e. The van der Waals surface area contributed by atoms with Crippen LogP contribution in [-0.2, 0) is 5.41 Å². The van der Waals surface area contributed by atoms with Crippen molar-refractivity contribution in [1.82, 2.24) is 24.5 Å². The summed E-state index contributed by atoms with van der Waals surface area (Å²) in [6, 6.07) is 13.2. The average Bonchev–Trinajstić information content (AvgIpc) is 3.50. The molecule has 0 aliphatic heterocycles. The van der Waals surface area contributed by atoms with Gasteiger partial charge in [0, 0.05) is 34.9 Å². The molecule has 2 aromatic heterocycles. The van der Waals surface area contributed by atoms with E-state index >= 15 is 0 Å². The zero-order valence-corrected chi connectivity index (χ0v) is 27.5. The monoisotopic (exact) mass is 597 g/mol. The van der Waals surface area contributed by atoms with Crippen molar-refractivity contribution in [3.05, 3.63) is 89.3 Å². The van der Waals surface area contributed by atoms with E-state index in [1.54, 1.807) is 0 Å². The van der Waals surface area contributed by atoms with Gasteiger partial charge in [0.2, 0.25) is 0 Å². The maximum Gasteiger partial charge on any atom is 0.163 e. The summed E-state index contributed by atoms with van der Waals surface area (Å²) >= 11 is 0. The zero-order chi connectivity index (χ0) is 30.7. The van der Waals surface area contributed by atoms with Crippen molar-refractivity contribution in [2.45, 2.75) is 103 Å². The molecule has 0 radical (unpaired) electrons. The number of benzene rings is 2. The third-order valence-corrected chi connectivity index (χ3v) is 11.6. The van der Waals surface area contributed by atoms with E-state index in [0.29, 0.717) is 11.8 Å². The van der Waals surface area contributed by atoms with Gasteiger partial charge in [-0.1, -0.05) is 55.0 Å². The fourth-order valence-electron chi connectivity index (χ4n) is 10.1. The highest BCUT2D eigenvalue weighted by molar-refractivity contribution is 5.68. The summed E-state index contributed by atoms with van der Waals surface area (Å²) in [6.45, 7) is 8.90. The van der Waals surface area contributed by atoms with Gasteiger partial charge in [0.05, 0.1) is 5.69 Å². The molecule has 0 N–H and O–H groups in total. The molecule has 45 heavy (non-hydrogen) atoms. The maximum absolute atomic E-state index is 5.41. The highest BCUT2D eigenvalue weighted by atomic mass is 15.1. The van der Waals surface area contributed by atoms with Crippen molar-refractivity contribution in [3.63, 3.8) is 0 Å². The molecule has 5 aliphatic rings. The predicted octanol–water partition coefficient (Wildman–Crippen LogP) is 9.63. The summed E-state index contributed by atoms with van der Waals surface area (Å²) in [5.74, 6) is 7.44. The van der Waals surface area contributed by atoms with E-state index in [1.807, 2.05) is 6.20 Å². The fraction of sp³-hybridized carbons (Fsp3) is 0.500. The second-order valence-electron chi connectivity index (χ2n) is 15.3. The number of nitrogens with zero attached hydrogens (tertiary/aromatic N) is 5. The van der Waals surface area contributed by atoms with Gasteiger partial charge in [0.15, 0.2) is 5.82 Å². The first-order valence-corrected chi connectivity index (χ1v) is 17.5. The summed E-state index contributed by atoms with van der Waals surface area (Å²) < 4.78 is 2.24. The van der Waals surface area contributed by atoms with Crippen molar-refractivity contribution in [3.8, 4) is 28.5 Å². The van der Waals surface area contributed by atoms with Crippen LogP contribution in [0, 0.1) is 44.4 Å². The van der Waals surface area contributed by atoms with Crippen LogP contribution in [0.15, 0.2) is 60.9 Å². The molecule has 5 nitrogen and oxygen atoms in total. The highest BCUT2D eigenvalue weighted by Crippen LogP contribution is 2.60. The summed E-state index contributed by atoms with van der Waals surface area (Å²) in [5, 5.41) is 0. The molecular formula is C40H47N5. The van der Waals surface area contributed by atoms with Crippen LogP contribution < -0.4 is 0 Å². The van der Waals surface area contributed by atoms with Gasteiger partial charge in [-0.05, 0) is 126 Å². The van der Waals surface area contributed by atoms with Crippen LogP contribution in [-0.4, -0.2) is 24.5 Å². The first-order chi connectivity index (χ1) is 21.8. The van der Waals surface area contributed by atoms with Gasteiger partial charge >= 0.3 is 0 Å². The highest BCUT2D eigenvalue weighted by Gasteiger charge is 2.53. The van der Waals surface area contributed by atoms with E-state index in [2.05, 4.69) is 87.0 Å². The molecule has 0 amide bonds. The van der Waals surface area contributed by atoms with Gasteiger partial charge in [0.25, 0.3) is 0 Å². The molecule has 4 bridgehead atoms. The largest absolute Gasteiger partial charge is 0.299 e. The molecule has 232 valence electrons. The van der Waals surface area contributed by atoms with E-state index in [9.17, 15) is 0 Å². The molecule has 2 heterocycles. The molecule has 5 heteroatoms. The Kier molecular flexibility index (Phi) is 7.26. The van der Waals surface area contributed by atoms with Crippen LogP contribution in [0.2, 0.25) is 0 Å². The number of aromatic nitrogens is 5. The van der Waals surface area contributed by atoms with Crippen LogP contribution in [0.1, 0.15) is 105 Å². The van der Waals surface area contributed by atoms with E-state index in [4.69, 9.17) is 19.9 Å². The minimum absolute atomic E-state index is 0.128. The van der Waals surface area contributed by atoms with Gasteiger partial charge < -0.3 is 0 Å². The molecule has 9 rings (SSSR count). The van der Waals surface area contributed by atoms with Gasteiger partial charge in [0.1, 0.15) is 17.5 Å². The van der Waals surface area contributed by atoms with Crippen LogP contribution in [0.3, 0.4) is 0 Å².